The van der Waals surface area contributed by atoms with Gasteiger partial charge in [0.2, 0.25) is 0 Å². The smallest absolute Gasteiger partial charge is 0.434 e. The fourth-order valence-electron chi connectivity index (χ4n) is 1.38. The molecule has 1 amide bonds. The van der Waals surface area contributed by atoms with Crippen LogP contribution in [0.2, 0.25) is 18.1 Å². The highest BCUT2D eigenvalue weighted by Gasteiger charge is 2.36. The van der Waals surface area contributed by atoms with Gasteiger partial charge < -0.3 is 9.16 Å². The van der Waals surface area contributed by atoms with Crippen LogP contribution < -0.4 is 0 Å². The number of hydrogen-bond acceptors (Lipinski definition) is 4. The molecule has 25 heavy (non-hydrogen) atoms. The van der Waals surface area contributed by atoms with Gasteiger partial charge in [0, 0.05) is 0 Å². The van der Waals surface area contributed by atoms with Crippen LogP contribution in [-0.4, -0.2) is 44.8 Å². The molecule has 0 aliphatic rings. The first kappa shape index (κ1) is 23.7. The first-order valence-electron chi connectivity index (χ1n) is 8.64. The molecule has 0 bridgehead atoms. The van der Waals surface area contributed by atoms with E-state index in [1.165, 1.54) is 5.06 Å². The van der Waals surface area contributed by atoms with Gasteiger partial charge in [-0.15, -0.1) is 6.58 Å². The quantitative estimate of drug-likeness (QED) is 0.281. The zero-order valence-electron chi connectivity index (χ0n) is 17.2. The number of amides is 1. The van der Waals surface area contributed by atoms with Crippen LogP contribution in [0.4, 0.5) is 4.79 Å². The van der Waals surface area contributed by atoms with E-state index in [9.17, 15) is 4.79 Å². The molecular formula is C19H35NO4Si. The number of rotatable bonds is 7. The van der Waals surface area contributed by atoms with E-state index >= 15 is 0 Å². The third-order valence-electron chi connectivity index (χ3n) is 3.86. The second kappa shape index (κ2) is 10.0. The summed E-state index contributed by atoms with van der Waals surface area (Å²) in [5.41, 5.74) is -0.574. The molecule has 0 saturated carbocycles. The van der Waals surface area contributed by atoms with Crippen molar-refractivity contribution in [2.75, 3.05) is 19.8 Å². The molecule has 0 aromatic heterocycles. The van der Waals surface area contributed by atoms with Crippen molar-refractivity contribution in [3.05, 3.63) is 12.7 Å². The van der Waals surface area contributed by atoms with Crippen molar-refractivity contribution in [3.8, 4) is 11.8 Å². The predicted octanol–water partition coefficient (Wildman–Crippen LogP) is 4.76. The molecule has 0 spiro atoms. The molecule has 0 N–H and O–H groups in total. The van der Waals surface area contributed by atoms with Crippen molar-refractivity contribution < 1.29 is 18.8 Å². The molecule has 0 aromatic carbocycles. The van der Waals surface area contributed by atoms with E-state index in [4.69, 9.17) is 14.0 Å². The number of hydroxylamine groups is 2. The van der Waals surface area contributed by atoms with Crippen molar-refractivity contribution in [1.29, 1.82) is 0 Å². The van der Waals surface area contributed by atoms with E-state index in [1.54, 1.807) is 6.08 Å². The lowest BCUT2D eigenvalue weighted by Crippen LogP contribution is -2.40. The van der Waals surface area contributed by atoms with E-state index in [0.29, 0.717) is 19.6 Å². The third-order valence-corrected chi connectivity index (χ3v) is 8.34. The van der Waals surface area contributed by atoms with E-state index < -0.39 is 20.0 Å². The second-order valence-corrected chi connectivity index (χ2v) is 13.1. The van der Waals surface area contributed by atoms with Gasteiger partial charge in [-0.2, -0.15) is 5.06 Å². The molecular weight excluding hydrogens is 334 g/mol. The summed E-state index contributed by atoms with van der Waals surface area (Å²) in [6.45, 7) is 20.9. The van der Waals surface area contributed by atoms with Crippen LogP contribution in [0, 0.1) is 11.8 Å². The summed E-state index contributed by atoms with van der Waals surface area (Å²) >= 11 is 0. The van der Waals surface area contributed by atoms with Crippen molar-refractivity contribution >= 4 is 14.4 Å². The number of ether oxygens (including phenoxy) is 1. The zero-order valence-corrected chi connectivity index (χ0v) is 18.2. The van der Waals surface area contributed by atoms with Crippen LogP contribution in [0.1, 0.15) is 48.0 Å². The largest absolute Gasteiger partial charge is 0.442 e. The molecule has 0 atom stereocenters. The molecule has 5 nitrogen and oxygen atoms in total. The first-order valence-corrected chi connectivity index (χ1v) is 11.5. The number of hydrogen-bond donors (Lipinski definition) is 0. The molecule has 144 valence electrons. The summed E-state index contributed by atoms with van der Waals surface area (Å²) in [6.07, 6.45) is 1.81. The van der Waals surface area contributed by atoms with E-state index in [1.807, 2.05) is 20.8 Å². The fraction of sp³-hybridized carbons (Fsp3) is 0.737. The fourth-order valence-corrected chi connectivity index (χ4v) is 2.24. The molecule has 0 heterocycles. The highest BCUT2D eigenvalue weighted by molar-refractivity contribution is 6.74. The standard InChI is InChI=1S/C19H35NO4Si/c1-10-11-14-20(17(21)24-18(2,3)4)22-15-12-13-16-23-25(8,9)19(5,6)7/h10H,1,11,14-16H2,2-9H3. The summed E-state index contributed by atoms with van der Waals surface area (Å²) in [6, 6.07) is 0. The normalized spacial score (nSPS) is 12.2. The van der Waals surface area contributed by atoms with Crippen LogP contribution in [0.25, 0.3) is 0 Å². The minimum absolute atomic E-state index is 0.108. The van der Waals surface area contributed by atoms with Crippen LogP contribution in [0.15, 0.2) is 12.7 Å². The highest BCUT2D eigenvalue weighted by atomic mass is 28.4. The van der Waals surface area contributed by atoms with Crippen LogP contribution >= 0.6 is 0 Å². The molecule has 0 unspecified atom stereocenters. The lowest BCUT2D eigenvalue weighted by Gasteiger charge is -2.35. The Morgan fingerprint density at radius 2 is 1.68 bits per heavy atom. The SMILES string of the molecule is C=CCCN(OCC#CCO[Si](C)(C)C(C)(C)C)C(=O)OC(C)(C)C. The molecule has 6 heteroatoms. The van der Waals surface area contributed by atoms with E-state index in [-0.39, 0.29) is 11.6 Å². The lowest BCUT2D eigenvalue weighted by atomic mass is 10.2. The molecule has 0 aliphatic heterocycles. The summed E-state index contributed by atoms with van der Waals surface area (Å²) in [4.78, 5) is 17.5. The minimum Gasteiger partial charge on any atom is -0.442 e. The number of carbonyl (C=O) groups is 1. The Balaban J connectivity index is 4.49. The maximum Gasteiger partial charge on any atom is 0.434 e. The minimum atomic E-state index is -1.79. The zero-order chi connectivity index (χ0) is 19.7. The molecule has 0 radical (unpaired) electrons. The van der Waals surface area contributed by atoms with Gasteiger partial charge in [-0.25, -0.2) is 4.79 Å². The van der Waals surface area contributed by atoms with Gasteiger partial charge in [0.25, 0.3) is 0 Å². The topological polar surface area (TPSA) is 48.0 Å². The Kier molecular flexibility index (Phi) is 9.48. The summed E-state index contributed by atoms with van der Waals surface area (Å²) in [5.74, 6) is 5.83. The Bertz CT molecular complexity index is 492. The molecule has 0 aromatic rings. The van der Waals surface area contributed by atoms with Gasteiger partial charge in [0.15, 0.2) is 8.32 Å². The second-order valence-electron chi connectivity index (χ2n) is 8.34. The molecule has 0 saturated heterocycles. The number of nitrogens with zero attached hydrogens (tertiary/aromatic N) is 1. The van der Waals surface area contributed by atoms with Gasteiger partial charge in [0.1, 0.15) is 12.2 Å². The summed E-state index contributed by atoms with van der Waals surface area (Å²) in [5, 5.41) is 1.35. The van der Waals surface area contributed by atoms with Crippen LogP contribution in [-0.2, 0) is 14.0 Å². The van der Waals surface area contributed by atoms with Crippen molar-refractivity contribution in [2.24, 2.45) is 0 Å². The Labute approximate surface area is 154 Å². The van der Waals surface area contributed by atoms with Crippen LogP contribution in [0.3, 0.4) is 0 Å². The molecule has 0 aliphatic carbocycles. The van der Waals surface area contributed by atoms with Gasteiger partial charge in [-0.1, -0.05) is 38.7 Å². The lowest BCUT2D eigenvalue weighted by molar-refractivity contribution is -0.135. The van der Waals surface area contributed by atoms with Gasteiger partial charge in [-0.3, -0.25) is 4.84 Å². The number of carbonyl (C=O) groups excluding carboxylic acids is 1. The van der Waals surface area contributed by atoms with Crippen molar-refractivity contribution in [2.45, 2.75) is 71.7 Å². The van der Waals surface area contributed by atoms with Crippen molar-refractivity contribution in [3.63, 3.8) is 0 Å². The third kappa shape index (κ3) is 10.3. The van der Waals surface area contributed by atoms with E-state index in [2.05, 4.69) is 52.3 Å². The average Bonchev–Trinajstić information content (AvgIpc) is 2.42. The van der Waals surface area contributed by atoms with Gasteiger partial charge in [0.05, 0.1) is 13.2 Å². The van der Waals surface area contributed by atoms with E-state index in [0.717, 1.165) is 0 Å². The first-order chi connectivity index (χ1) is 11.3. The Morgan fingerprint density at radius 1 is 1.12 bits per heavy atom. The average molecular weight is 370 g/mol. The van der Waals surface area contributed by atoms with Gasteiger partial charge >= 0.3 is 6.09 Å². The maximum atomic E-state index is 12.1. The molecule has 0 fully saturated rings. The van der Waals surface area contributed by atoms with Crippen molar-refractivity contribution in [1.82, 2.24) is 5.06 Å². The Hall–Kier alpha value is -1.29. The highest BCUT2D eigenvalue weighted by Crippen LogP contribution is 2.36. The Morgan fingerprint density at radius 3 is 2.16 bits per heavy atom. The summed E-state index contributed by atoms with van der Waals surface area (Å²) in [7, 11) is -1.79. The van der Waals surface area contributed by atoms with Gasteiger partial charge in [-0.05, 0) is 45.3 Å². The predicted molar refractivity (Wildman–Crippen MR) is 105 cm³/mol. The van der Waals surface area contributed by atoms with Crippen LogP contribution in [0.5, 0.6) is 0 Å². The maximum absolute atomic E-state index is 12.1. The summed E-state index contributed by atoms with van der Waals surface area (Å²) < 4.78 is 11.3. The molecule has 0 rings (SSSR count). The monoisotopic (exact) mass is 369 g/mol.